The fourth-order valence-electron chi connectivity index (χ4n) is 4.20. The minimum absolute atomic E-state index is 0.0725. The molecule has 0 aliphatic rings. The van der Waals surface area contributed by atoms with Gasteiger partial charge < -0.3 is 15.2 Å². The molecule has 41 heavy (non-hydrogen) atoms. The van der Waals surface area contributed by atoms with Crippen molar-refractivity contribution in [1.82, 2.24) is 20.2 Å². The summed E-state index contributed by atoms with van der Waals surface area (Å²) in [5, 5.41) is 29.0. The third-order valence-electron chi connectivity index (χ3n) is 6.26. The van der Waals surface area contributed by atoms with E-state index in [-0.39, 0.29) is 11.7 Å². The minimum atomic E-state index is -0.539. The summed E-state index contributed by atoms with van der Waals surface area (Å²) >= 11 is 4.64. The van der Waals surface area contributed by atoms with Crippen LogP contribution in [0, 0.1) is 0 Å². The highest BCUT2D eigenvalue weighted by Crippen LogP contribution is 2.32. The van der Waals surface area contributed by atoms with Gasteiger partial charge in [0.1, 0.15) is 0 Å². The van der Waals surface area contributed by atoms with Gasteiger partial charge in [-0.1, -0.05) is 82.3 Å². The van der Waals surface area contributed by atoms with Crippen LogP contribution in [0.4, 0.5) is 5.69 Å². The number of carbonyl (C=O) groups is 1. The molecule has 0 radical (unpaired) electrons. The number of hydrogen-bond acceptors (Lipinski definition) is 8. The summed E-state index contributed by atoms with van der Waals surface area (Å²) in [6, 6.07) is 27.4. The third-order valence-corrected chi connectivity index (χ3v) is 7.76. The van der Waals surface area contributed by atoms with E-state index in [1.54, 1.807) is 19.1 Å². The number of anilines is 1. The van der Waals surface area contributed by atoms with Gasteiger partial charge in [-0.25, -0.2) is 5.43 Å². The minimum Gasteiger partial charge on any atom is -0.504 e. The van der Waals surface area contributed by atoms with Gasteiger partial charge in [0.05, 0.1) is 25.1 Å². The van der Waals surface area contributed by atoms with Gasteiger partial charge in [0.2, 0.25) is 0 Å². The Morgan fingerprint density at radius 3 is 2.66 bits per heavy atom. The number of benzene rings is 4. The van der Waals surface area contributed by atoms with Crippen LogP contribution in [-0.2, 0) is 11.3 Å². The van der Waals surface area contributed by atoms with Crippen molar-refractivity contribution in [3.05, 3.63) is 101 Å². The second kappa shape index (κ2) is 12.9. The summed E-state index contributed by atoms with van der Waals surface area (Å²) in [5.74, 6) is 0.598. The second-order valence-electron chi connectivity index (χ2n) is 8.99. The van der Waals surface area contributed by atoms with Gasteiger partial charge in [-0.05, 0) is 42.6 Å². The van der Waals surface area contributed by atoms with E-state index in [1.165, 1.54) is 25.1 Å². The van der Waals surface area contributed by atoms with Crippen molar-refractivity contribution in [2.24, 2.45) is 5.10 Å². The van der Waals surface area contributed by atoms with Crippen LogP contribution in [0.2, 0.25) is 0 Å². The first-order valence-electron chi connectivity index (χ1n) is 12.7. The van der Waals surface area contributed by atoms with Crippen LogP contribution in [0.15, 0.2) is 99.7 Å². The molecule has 1 aromatic heterocycles. The van der Waals surface area contributed by atoms with Crippen molar-refractivity contribution in [3.63, 3.8) is 0 Å². The number of thioether (sulfide) groups is 1. The number of halogens is 1. The Balaban J connectivity index is 1.32. The monoisotopic (exact) mass is 630 g/mol. The second-order valence-corrected chi connectivity index (χ2v) is 11.2. The number of nitrogens with zero attached hydrogens (tertiary/aromatic N) is 4. The van der Waals surface area contributed by atoms with Crippen LogP contribution in [0.3, 0.4) is 0 Å². The lowest BCUT2D eigenvalue weighted by molar-refractivity contribution is -0.120. The molecular weight excluding hydrogens is 604 g/mol. The number of methoxy groups -OCH3 is 1. The largest absolute Gasteiger partial charge is 0.504 e. The highest BCUT2D eigenvalue weighted by atomic mass is 79.9. The lowest BCUT2D eigenvalue weighted by atomic mass is 10.1. The van der Waals surface area contributed by atoms with Gasteiger partial charge in [-0.15, -0.1) is 10.2 Å². The number of rotatable bonds is 10. The van der Waals surface area contributed by atoms with Gasteiger partial charge in [0.25, 0.3) is 5.91 Å². The van der Waals surface area contributed by atoms with E-state index in [2.05, 4.69) is 60.2 Å². The predicted molar refractivity (Wildman–Crippen MR) is 166 cm³/mol. The summed E-state index contributed by atoms with van der Waals surface area (Å²) in [4.78, 5) is 12.9. The molecule has 0 saturated heterocycles. The van der Waals surface area contributed by atoms with Crippen LogP contribution in [0.5, 0.6) is 11.5 Å². The van der Waals surface area contributed by atoms with Crippen molar-refractivity contribution in [3.8, 4) is 17.2 Å². The van der Waals surface area contributed by atoms with Crippen LogP contribution in [-0.4, -0.2) is 44.4 Å². The fourth-order valence-corrected chi connectivity index (χ4v) is 5.53. The van der Waals surface area contributed by atoms with Crippen LogP contribution in [0.25, 0.3) is 16.5 Å². The van der Waals surface area contributed by atoms with Gasteiger partial charge in [0, 0.05) is 26.8 Å². The molecular formula is C30H27BrN6O3S. The van der Waals surface area contributed by atoms with Gasteiger partial charge >= 0.3 is 0 Å². The number of hydrogen-bond donors (Lipinski definition) is 3. The number of hydrazone groups is 1. The smallest absolute Gasteiger partial charge is 0.253 e. The summed E-state index contributed by atoms with van der Waals surface area (Å²) < 4.78 is 7.81. The number of phenols is 1. The van der Waals surface area contributed by atoms with Crippen molar-refractivity contribution in [2.75, 3.05) is 12.4 Å². The topological polar surface area (TPSA) is 114 Å². The van der Waals surface area contributed by atoms with Crippen molar-refractivity contribution in [2.45, 2.75) is 23.9 Å². The molecule has 0 fully saturated rings. The molecule has 1 heterocycles. The van der Waals surface area contributed by atoms with Gasteiger partial charge in [0.15, 0.2) is 22.5 Å². The van der Waals surface area contributed by atoms with Crippen LogP contribution >= 0.6 is 27.7 Å². The number of aromatic nitrogens is 3. The Kier molecular flexibility index (Phi) is 8.85. The molecule has 4 aromatic carbocycles. The highest BCUT2D eigenvalue weighted by Gasteiger charge is 2.21. The van der Waals surface area contributed by atoms with Crippen molar-refractivity contribution >= 4 is 56.3 Å². The van der Waals surface area contributed by atoms with Crippen LogP contribution < -0.4 is 15.5 Å². The summed E-state index contributed by atoms with van der Waals surface area (Å²) in [6.07, 6.45) is 1.36. The van der Waals surface area contributed by atoms with Crippen molar-refractivity contribution < 1.29 is 14.6 Å². The molecule has 1 amide bonds. The molecule has 0 aliphatic carbocycles. The first-order valence-corrected chi connectivity index (χ1v) is 14.4. The van der Waals surface area contributed by atoms with Gasteiger partial charge in [-0.3, -0.25) is 9.36 Å². The molecule has 9 nitrogen and oxygen atoms in total. The fraction of sp³-hybridized carbons (Fsp3) is 0.133. The molecule has 0 spiro atoms. The lowest BCUT2D eigenvalue weighted by Gasteiger charge is -2.14. The number of phenolic OH excluding ortho intramolecular Hbond substituents is 1. The maximum Gasteiger partial charge on any atom is 0.253 e. The maximum absolute atomic E-state index is 12.9. The van der Waals surface area contributed by atoms with Gasteiger partial charge in [-0.2, -0.15) is 5.10 Å². The van der Waals surface area contributed by atoms with Crippen molar-refractivity contribution in [1.29, 1.82) is 0 Å². The van der Waals surface area contributed by atoms with E-state index in [1.807, 2.05) is 59.2 Å². The average Bonchev–Trinajstić information content (AvgIpc) is 3.39. The molecule has 5 aromatic rings. The Morgan fingerprint density at radius 1 is 1.10 bits per heavy atom. The zero-order chi connectivity index (χ0) is 28.8. The first-order chi connectivity index (χ1) is 19.9. The molecule has 0 saturated carbocycles. The van der Waals surface area contributed by atoms with E-state index in [0.717, 1.165) is 22.1 Å². The highest BCUT2D eigenvalue weighted by molar-refractivity contribution is 9.10. The molecule has 0 bridgehead atoms. The van der Waals surface area contributed by atoms with Crippen LogP contribution in [0.1, 0.15) is 18.3 Å². The Hall–Kier alpha value is -4.35. The zero-order valence-electron chi connectivity index (χ0n) is 22.3. The molecule has 5 rings (SSSR count). The molecule has 0 unspecified atom stereocenters. The van der Waals surface area contributed by atoms with E-state index in [0.29, 0.717) is 33.3 Å². The summed E-state index contributed by atoms with van der Waals surface area (Å²) in [5.41, 5.74) is 4.82. The number of para-hydroxylation sites is 1. The number of nitrogens with one attached hydrogen (secondary N) is 2. The summed E-state index contributed by atoms with van der Waals surface area (Å²) in [6.45, 7) is 2.20. The Morgan fingerprint density at radius 2 is 1.85 bits per heavy atom. The first kappa shape index (κ1) is 28.2. The van der Waals surface area contributed by atoms with E-state index < -0.39 is 5.25 Å². The third kappa shape index (κ3) is 6.53. The van der Waals surface area contributed by atoms with E-state index in [9.17, 15) is 9.90 Å². The standard InChI is InChI=1S/C30H27BrN6O3S/c1-19(29(39)35-33-17-21-15-22(31)16-26(40-2)28(21)38)41-30-36-34-27(37(30)23-11-4-3-5-12-23)18-32-25-14-8-10-20-9-6-7-13-24(20)25/h3-17,19,32,38H,18H2,1-2H3,(H,35,39)/b33-17-/t19-/m1/s1. The summed E-state index contributed by atoms with van der Waals surface area (Å²) in [7, 11) is 1.46. The molecule has 208 valence electrons. The quantitative estimate of drug-likeness (QED) is 0.0964. The van der Waals surface area contributed by atoms with E-state index in [4.69, 9.17) is 4.74 Å². The Labute approximate surface area is 249 Å². The SMILES string of the molecule is COc1cc(Br)cc(/C=N\NC(=O)[C@@H](C)Sc2nnc(CNc3cccc4ccccc34)n2-c2ccccc2)c1O. The average molecular weight is 632 g/mol. The molecule has 3 N–H and O–H groups in total. The number of carbonyl (C=O) groups excluding carboxylic acids is 1. The lowest BCUT2D eigenvalue weighted by Crippen LogP contribution is -2.27. The molecule has 0 aliphatic heterocycles. The number of amides is 1. The predicted octanol–water partition coefficient (Wildman–Crippen LogP) is 6.14. The number of fused-ring (bicyclic) bond motifs is 1. The normalized spacial score (nSPS) is 12.0. The Bertz CT molecular complexity index is 1700. The number of ether oxygens (including phenoxy) is 1. The number of aromatic hydroxyl groups is 1. The molecule has 11 heteroatoms. The zero-order valence-corrected chi connectivity index (χ0v) is 24.7. The van der Waals surface area contributed by atoms with E-state index >= 15 is 0 Å². The maximum atomic E-state index is 12.9. The molecule has 1 atom stereocenters.